The Morgan fingerprint density at radius 3 is 2.18 bits per heavy atom. The Bertz CT molecular complexity index is 808. The molecule has 2 N–H and O–H groups in total. The first-order valence-electron chi connectivity index (χ1n) is 9.08. The summed E-state index contributed by atoms with van der Waals surface area (Å²) in [5.74, 6) is -0.424. The molecule has 1 atom stereocenters. The number of aliphatic carboxylic acids is 1. The summed E-state index contributed by atoms with van der Waals surface area (Å²) in [6.45, 7) is 6.08. The predicted octanol–water partition coefficient (Wildman–Crippen LogP) is 3.70. The lowest BCUT2D eigenvalue weighted by Crippen LogP contribution is -2.34. The monoisotopic (exact) mass is 385 g/mol. The fourth-order valence-corrected chi connectivity index (χ4v) is 2.76. The Hall–Kier alpha value is -3.02. The second-order valence-electron chi connectivity index (χ2n) is 7.53. The van der Waals surface area contributed by atoms with E-state index in [0.29, 0.717) is 11.5 Å². The van der Waals surface area contributed by atoms with Gasteiger partial charge in [-0.2, -0.15) is 0 Å². The highest BCUT2D eigenvalue weighted by Crippen LogP contribution is 2.26. The lowest BCUT2D eigenvalue weighted by molar-refractivity contribution is -0.137. The molecule has 2 aromatic carbocycles. The highest BCUT2D eigenvalue weighted by molar-refractivity contribution is 5.79. The van der Waals surface area contributed by atoms with Gasteiger partial charge in [0.05, 0.1) is 19.6 Å². The number of carboxylic acids is 1. The normalized spacial score (nSPS) is 12.1. The van der Waals surface area contributed by atoms with Crippen molar-refractivity contribution in [2.24, 2.45) is 0 Å². The topological polar surface area (TPSA) is 84.9 Å². The zero-order valence-electron chi connectivity index (χ0n) is 16.7. The van der Waals surface area contributed by atoms with Gasteiger partial charge in [-0.05, 0) is 28.7 Å². The van der Waals surface area contributed by atoms with Crippen molar-refractivity contribution in [1.82, 2.24) is 5.32 Å². The lowest BCUT2D eigenvalue weighted by Gasteiger charge is -2.22. The van der Waals surface area contributed by atoms with E-state index in [-0.39, 0.29) is 18.4 Å². The number of para-hydroxylation sites is 2. The lowest BCUT2D eigenvalue weighted by atomic mass is 9.86. The molecule has 6 nitrogen and oxygen atoms in total. The third-order valence-electron chi connectivity index (χ3n) is 4.32. The third kappa shape index (κ3) is 6.01. The minimum Gasteiger partial charge on any atom is -0.493 e. The molecular formula is C22H27NO5. The number of hydrogen-bond acceptors (Lipinski definition) is 4. The molecule has 6 heteroatoms. The fraction of sp³-hybridized carbons (Fsp3) is 0.364. The second-order valence-corrected chi connectivity index (χ2v) is 7.53. The third-order valence-corrected chi connectivity index (χ3v) is 4.32. The van der Waals surface area contributed by atoms with Crippen molar-refractivity contribution in [1.29, 1.82) is 0 Å². The molecular weight excluding hydrogens is 358 g/mol. The molecule has 0 aliphatic rings. The van der Waals surface area contributed by atoms with Crippen LogP contribution < -0.4 is 14.8 Å². The molecule has 0 aliphatic heterocycles. The molecule has 0 saturated heterocycles. The zero-order valence-corrected chi connectivity index (χ0v) is 16.7. The summed E-state index contributed by atoms with van der Waals surface area (Å²) in [6, 6.07) is 14.0. The van der Waals surface area contributed by atoms with Gasteiger partial charge in [0.2, 0.25) is 0 Å². The molecule has 0 fully saturated rings. The van der Waals surface area contributed by atoms with Gasteiger partial charge in [0.25, 0.3) is 5.91 Å². The fourth-order valence-electron chi connectivity index (χ4n) is 2.76. The van der Waals surface area contributed by atoms with Crippen LogP contribution in [0.25, 0.3) is 0 Å². The number of carbonyl (C=O) groups excluding carboxylic acids is 1. The highest BCUT2D eigenvalue weighted by atomic mass is 16.5. The number of carbonyl (C=O) groups is 2. The number of carboxylic acid groups (broad SMARTS) is 1. The molecule has 1 amide bonds. The van der Waals surface area contributed by atoms with E-state index in [1.807, 2.05) is 24.3 Å². The average molecular weight is 385 g/mol. The summed E-state index contributed by atoms with van der Waals surface area (Å²) in [4.78, 5) is 23.6. The molecule has 0 heterocycles. The highest BCUT2D eigenvalue weighted by Gasteiger charge is 2.20. The minimum absolute atomic E-state index is 0.00729. The van der Waals surface area contributed by atoms with Gasteiger partial charge in [-0.1, -0.05) is 57.2 Å². The molecule has 0 aliphatic carbocycles. The smallest absolute Gasteiger partial charge is 0.305 e. The van der Waals surface area contributed by atoms with Crippen LogP contribution in [0.3, 0.4) is 0 Å². The van der Waals surface area contributed by atoms with E-state index in [1.54, 1.807) is 24.3 Å². The second kappa shape index (κ2) is 9.26. The van der Waals surface area contributed by atoms with E-state index in [0.717, 1.165) is 11.1 Å². The Labute approximate surface area is 165 Å². The molecule has 0 aromatic heterocycles. The molecule has 0 bridgehead atoms. The van der Waals surface area contributed by atoms with Gasteiger partial charge in [0, 0.05) is 0 Å². The van der Waals surface area contributed by atoms with Crippen LogP contribution in [0.4, 0.5) is 0 Å². The molecule has 0 saturated carbocycles. The zero-order chi connectivity index (χ0) is 20.7. The van der Waals surface area contributed by atoms with Crippen LogP contribution in [-0.2, 0) is 15.0 Å². The maximum absolute atomic E-state index is 12.3. The largest absolute Gasteiger partial charge is 0.493 e. The van der Waals surface area contributed by atoms with Crippen LogP contribution >= 0.6 is 0 Å². The average Bonchev–Trinajstić information content (AvgIpc) is 2.65. The quantitative estimate of drug-likeness (QED) is 0.724. The molecule has 1 unspecified atom stereocenters. The van der Waals surface area contributed by atoms with Crippen LogP contribution in [0.15, 0.2) is 48.5 Å². The van der Waals surface area contributed by atoms with E-state index in [9.17, 15) is 14.7 Å². The van der Waals surface area contributed by atoms with E-state index in [4.69, 9.17) is 9.47 Å². The van der Waals surface area contributed by atoms with Gasteiger partial charge >= 0.3 is 5.97 Å². The van der Waals surface area contributed by atoms with Crippen molar-refractivity contribution in [2.75, 3.05) is 13.7 Å². The summed E-state index contributed by atoms with van der Waals surface area (Å²) >= 11 is 0. The number of benzene rings is 2. The molecule has 28 heavy (non-hydrogen) atoms. The predicted molar refractivity (Wildman–Crippen MR) is 107 cm³/mol. The van der Waals surface area contributed by atoms with Crippen molar-refractivity contribution in [3.63, 3.8) is 0 Å². The van der Waals surface area contributed by atoms with Crippen LogP contribution in [0, 0.1) is 0 Å². The minimum atomic E-state index is -0.990. The molecule has 0 radical (unpaired) electrons. The number of rotatable bonds is 8. The van der Waals surface area contributed by atoms with Crippen LogP contribution in [-0.4, -0.2) is 30.7 Å². The SMILES string of the molecule is COc1ccccc1OCC(=O)NC(CC(=O)O)c1ccc(C(C)(C)C)cc1. The number of methoxy groups -OCH3 is 1. The van der Waals surface area contributed by atoms with Crippen LogP contribution in [0.1, 0.15) is 44.4 Å². The summed E-state index contributed by atoms with van der Waals surface area (Å²) in [5.41, 5.74) is 1.87. The van der Waals surface area contributed by atoms with Gasteiger partial charge < -0.3 is 19.9 Å². The first kappa shape index (κ1) is 21.3. The van der Waals surface area contributed by atoms with E-state index >= 15 is 0 Å². The van der Waals surface area contributed by atoms with E-state index in [2.05, 4.69) is 26.1 Å². The van der Waals surface area contributed by atoms with E-state index < -0.39 is 17.9 Å². The Morgan fingerprint density at radius 1 is 1.04 bits per heavy atom. The Balaban J connectivity index is 2.07. The van der Waals surface area contributed by atoms with Crippen molar-refractivity contribution < 1.29 is 24.2 Å². The summed E-state index contributed by atoms with van der Waals surface area (Å²) in [6.07, 6.45) is -0.213. The summed E-state index contributed by atoms with van der Waals surface area (Å²) in [5, 5.41) is 12.0. The number of hydrogen-bond donors (Lipinski definition) is 2. The summed E-state index contributed by atoms with van der Waals surface area (Å²) in [7, 11) is 1.52. The van der Waals surface area contributed by atoms with Crippen LogP contribution in [0.2, 0.25) is 0 Å². The van der Waals surface area contributed by atoms with Crippen molar-refractivity contribution >= 4 is 11.9 Å². The maximum atomic E-state index is 12.3. The summed E-state index contributed by atoms with van der Waals surface area (Å²) < 4.78 is 10.7. The number of nitrogens with one attached hydrogen (secondary N) is 1. The standard InChI is InChI=1S/C22H27NO5/c1-22(2,3)16-11-9-15(10-12-16)17(13-21(25)26)23-20(24)14-28-19-8-6-5-7-18(19)27-4/h5-12,17H,13-14H2,1-4H3,(H,23,24)(H,25,26). The van der Waals surface area contributed by atoms with Gasteiger partial charge in [-0.25, -0.2) is 0 Å². The molecule has 0 spiro atoms. The number of amides is 1. The Morgan fingerprint density at radius 2 is 1.64 bits per heavy atom. The van der Waals surface area contributed by atoms with Crippen molar-refractivity contribution in [3.8, 4) is 11.5 Å². The van der Waals surface area contributed by atoms with Gasteiger partial charge in [-0.3, -0.25) is 9.59 Å². The first-order chi connectivity index (χ1) is 13.2. The molecule has 2 rings (SSSR count). The van der Waals surface area contributed by atoms with Crippen molar-refractivity contribution in [3.05, 3.63) is 59.7 Å². The molecule has 2 aromatic rings. The maximum Gasteiger partial charge on any atom is 0.305 e. The van der Waals surface area contributed by atoms with Gasteiger partial charge in [0.15, 0.2) is 18.1 Å². The Kier molecular flexibility index (Phi) is 7.04. The van der Waals surface area contributed by atoms with Crippen LogP contribution in [0.5, 0.6) is 11.5 Å². The van der Waals surface area contributed by atoms with Gasteiger partial charge in [-0.15, -0.1) is 0 Å². The number of ether oxygens (including phenoxy) is 2. The first-order valence-corrected chi connectivity index (χ1v) is 9.08. The van der Waals surface area contributed by atoms with E-state index in [1.165, 1.54) is 7.11 Å². The van der Waals surface area contributed by atoms with Gasteiger partial charge in [0.1, 0.15) is 0 Å². The molecule has 150 valence electrons. The van der Waals surface area contributed by atoms with Crippen molar-refractivity contribution in [2.45, 2.75) is 38.6 Å².